The van der Waals surface area contributed by atoms with Crippen LogP contribution in [0.3, 0.4) is 0 Å². The molecule has 1 aromatic rings. The van der Waals surface area contributed by atoms with Gasteiger partial charge in [0.1, 0.15) is 0 Å². The number of nitrogen functional groups attached to an aromatic ring is 1. The summed E-state index contributed by atoms with van der Waals surface area (Å²) in [6.07, 6.45) is 6.09. The predicted molar refractivity (Wildman–Crippen MR) is 79.7 cm³/mol. The van der Waals surface area contributed by atoms with Crippen LogP contribution in [-0.4, -0.2) is 25.2 Å². The van der Waals surface area contributed by atoms with Crippen LogP contribution < -0.4 is 10.6 Å². The second-order valence-corrected chi connectivity index (χ2v) is 5.71. The Morgan fingerprint density at radius 2 is 2.30 bits per heavy atom. The Balaban J connectivity index is 1.59. The third-order valence-electron chi connectivity index (χ3n) is 4.25. The molecule has 3 rings (SSSR count). The molecule has 1 fully saturated rings. The van der Waals surface area contributed by atoms with Gasteiger partial charge in [0.25, 0.3) is 0 Å². The van der Waals surface area contributed by atoms with Crippen molar-refractivity contribution >= 4 is 17.3 Å². The van der Waals surface area contributed by atoms with Crippen molar-refractivity contribution in [3.05, 3.63) is 23.8 Å². The number of carbonyl (C=O) groups is 1. The molecule has 1 atom stereocenters. The summed E-state index contributed by atoms with van der Waals surface area (Å²) in [5.41, 5.74) is 8.78. The van der Waals surface area contributed by atoms with Crippen molar-refractivity contribution in [1.82, 2.24) is 0 Å². The molecule has 2 aliphatic heterocycles. The van der Waals surface area contributed by atoms with Crippen LogP contribution in [0.4, 0.5) is 11.4 Å². The Labute approximate surface area is 119 Å². The Morgan fingerprint density at radius 3 is 3.10 bits per heavy atom. The molecule has 0 spiro atoms. The number of rotatable bonds is 3. The zero-order chi connectivity index (χ0) is 13.9. The van der Waals surface area contributed by atoms with Crippen molar-refractivity contribution in [1.29, 1.82) is 0 Å². The maximum absolute atomic E-state index is 12.4. The van der Waals surface area contributed by atoms with Gasteiger partial charge in [-0.05, 0) is 55.9 Å². The van der Waals surface area contributed by atoms with E-state index in [1.165, 1.54) is 12.0 Å². The monoisotopic (exact) mass is 274 g/mol. The molecule has 0 saturated carbocycles. The first-order valence-corrected chi connectivity index (χ1v) is 7.54. The average Bonchev–Trinajstić information content (AvgIpc) is 2.89. The van der Waals surface area contributed by atoms with Crippen LogP contribution in [0.5, 0.6) is 0 Å². The van der Waals surface area contributed by atoms with Crippen LogP contribution in [0, 0.1) is 0 Å². The minimum absolute atomic E-state index is 0.211. The summed E-state index contributed by atoms with van der Waals surface area (Å²) in [6.45, 7) is 1.63. The lowest BCUT2D eigenvalue weighted by Gasteiger charge is -2.23. The van der Waals surface area contributed by atoms with Crippen molar-refractivity contribution in [2.45, 2.75) is 44.6 Å². The lowest BCUT2D eigenvalue weighted by molar-refractivity contribution is -0.119. The Bertz CT molecular complexity index is 495. The van der Waals surface area contributed by atoms with Crippen LogP contribution in [0.1, 0.15) is 37.7 Å². The molecule has 2 aliphatic rings. The van der Waals surface area contributed by atoms with Gasteiger partial charge < -0.3 is 15.4 Å². The van der Waals surface area contributed by atoms with E-state index in [1.807, 2.05) is 23.1 Å². The van der Waals surface area contributed by atoms with Crippen molar-refractivity contribution in [3.8, 4) is 0 Å². The Kier molecular flexibility index (Phi) is 3.92. The number of nitrogens with zero attached hydrogens (tertiary/aromatic N) is 1. The van der Waals surface area contributed by atoms with E-state index in [2.05, 4.69) is 0 Å². The van der Waals surface area contributed by atoms with Gasteiger partial charge in [0, 0.05) is 30.9 Å². The molecule has 4 heteroatoms. The van der Waals surface area contributed by atoms with Gasteiger partial charge in [-0.3, -0.25) is 4.79 Å². The van der Waals surface area contributed by atoms with Gasteiger partial charge >= 0.3 is 0 Å². The third-order valence-corrected chi connectivity index (χ3v) is 4.25. The fourth-order valence-electron chi connectivity index (χ4n) is 3.14. The third kappa shape index (κ3) is 2.80. The van der Waals surface area contributed by atoms with Gasteiger partial charge in [0.15, 0.2) is 0 Å². The number of benzene rings is 1. The molecule has 0 radical (unpaired) electrons. The first-order valence-electron chi connectivity index (χ1n) is 7.54. The van der Waals surface area contributed by atoms with Crippen LogP contribution in [-0.2, 0) is 16.0 Å². The van der Waals surface area contributed by atoms with E-state index in [0.717, 1.165) is 50.2 Å². The van der Waals surface area contributed by atoms with E-state index in [0.29, 0.717) is 6.42 Å². The molecule has 1 aromatic carbocycles. The molecule has 108 valence electrons. The normalized spacial score (nSPS) is 21.8. The lowest BCUT2D eigenvalue weighted by atomic mass is 10.0. The van der Waals surface area contributed by atoms with Crippen molar-refractivity contribution in [2.24, 2.45) is 0 Å². The second kappa shape index (κ2) is 5.83. The minimum Gasteiger partial charge on any atom is -0.399 e. The molecule has 2 heterocycles. The maximum Gasteiger partial charge on any atom is 0.227 e. The maximum atomic E-state index is 12.4. The average molecular weight is 274 g/mol. The number of carbonyl (C=O) groups excluding carboxylic acids is 1. The summed E-state index contributed by atoms with van der Waals surface area (Å²) >= 11 is 0. The van der Waals surface area contributed by atoms with E-state index < -0.39 is 0 Å². The predicted octanol–water partition coefficient (Wildman–Crippen LogP) is 2.51. The largest absolute Gasteiger partial charge is 0.399 e. The van der Waals surface area contributed by atoms with Crippen LogP contribution in [0.2, 0.25) is 0 Å². The molecule has 0 bridgehead atoms. The molecule has 1 saturated heterocycles. The van der Waals surface area contributed by atoms with Gasteiger partial charge in [-0.2, -0.15) is 0 Å². The molecule has 4 nitrogen and oxygen atoms in total. The highest BCUT2D eigenvalue weighted by Crippen LogP contribution is 2.30. The fourth-order valence-corrected chi connectivity index (χ4v) is 3.14. The van der Waals surface area contributed by atoms with Crippen molar-refractivity contribution < 1.29 is 9.53 Å². The summed E-state index contributed by atoms with van der Waals surface area (Å²) in [4.78, 5) is 14.3. The molecule has 0 aromatic heterocycles. The zero-order valence-corrected chi connectivity index (χ0v) is 11.8. The molecule has 20 heavy (non-hydrogen) atoms. The van der Waals surface area contributed by atoms with E-state index in [-0.39, 0.29) is 12.0 Å². The number of ether oxygens (including phenoxy) is 1. The summed E-state index contributed by atoms with van der Waals surface area (Å²) in [6, 6.07) is 5.81. The minimum atomic E-state index is 0.211. The zero-order valence-electron chi connectivity index (χ0n) is 11.8. The molecular formula is C16H22N2O2. The number of hydrogen-bond acceptors (Lipinski definition) is 3. The van der Waals surface area contributed by atoms with E-state index in [1.54, 1.807) is 0 Å². The smallest absolute Gasteiger partial charge is 0.227 e. The van der Waals surface area contributed by atoms with Crippen LogP contribution in [0.25, 0.3) is 0 Å². The molecule has 0 aliphatic carbocycles. The summed E-state index contributed by atoms with van der Waals surface area (Å²) in [5, 5.41) is 0. The Morgan fingerprint density at radius 1 is 1.40 bits per heavy atom. The second-order valence-electron chi connectivity index (χ2n) is 5.71. The summed E-state index contributed by atoms with van der Waals surface area (Å²) in [5.74, 6) is 0.211. The van der Waals surface area contributed by atoms with E-state index >= 15 is 0 Å². The van der Waals surface area contributed by atoms with Gasteiger partial charge in [-0.1, -0.05) is 0 Å². The first kappa shape index (κ1) is 13.4. The number of nitrogens with two attached hydrogens (primary N) is 1. The van der Waals surface area contributed by atoms with Gasteiger partial charge in [0.05, 0.1) is 6.10 Å². The standard InChI is InChI=1S/C16H22N2O2/c17-13-4-6-15-12(11-13)8-9-18(15)16(19)7-5-14-3-1-2-10-20-14/h4,6,11,14H,1-3,5,7-10,17H2. The highest BCUT2D eigenvalue weighted by Gasteiger charge is 2.25. The lowest BCUT2D eigenvalue weighted by Crippen LogP contribution is -2.30. The van der Waals surface area contributed by atoms with Crippen LogP contribution >= 0.6 is 0 Å². The van der Waals surface area contributed by atoms with E-state index in [4.69, 9.17) is 10.5 Å². The van der Waals surface area contributed by atoms with Crippen LogP contribution in [0.15, 0.2) is 18.2 Å². The molecular weight excluding hydrogens is 252 g/mol. The van der Waals surface area contributed by atoms with Gasteiger partial charge in [0.2, 0.25) is 5.91 Å². The van der Waals surface area contributed by atoms with E-state index in [9.17, 15) is 4.79 Å². The van der Waals surface area contributed by atoms with Gasteiger partial charge in [-0.25, -0.2) is 0 Å². The quantitative estimate of drug-likeness (QED) is 0.862. The SMILES string of the molecule is Nc1ccc2c(c1)CCN2C(=O)CCC1CCCCO1. The Hall–Kier alpha value is -1.55. The number of amides is 1. The molecule has 1 unspecified atom stereocenters. The summed E-state index contributed by atoms with van der Waals surface area (Å²) in [7, 11) is 0. The molecule has 2 N–H and O–H groups in total. The number of fused-ring (bicyclic) bond motifs is 1. The number of anilines is 2. The number of hydrogen-bond donors (Lipinski definition) is 1. The first-order chi connectivity index (χ1) is 9.74. The highest BCUT2D eigenvalue weighted by atomic mass is 16.5. The van der Waals surface area contributed by atoms with Gasteiger partial charge in [-0.15, -0.1) is 0 Å². The summed E-state index contributed by atoms with van der Waals surface area (Å²) < 4.78 is 5.69. The van der Waals surface area contributed by atoms with Crippen molar-refractivity contribution in [2.75, 3.05) is 23.8 Å². The van der Waals surface area contributed by atoms with Crippen molar-refractivity contribution in [3.63, 3.8) is 0 Å². The molecule has 1 amide bonds. The fraction of sp³-hybridized carbons (Fsp3) is 0.562. The topological polar surface area (TPSA) is 55.6 Å². The highest BCUT2D eigenvalue weighted by molar-refractivity contribution is 5.95.